The number of amides is 2. The van der Waals surface area contributed by atoms with Gasteiger partial charge in [-0.3, -0.25) is 4.79 Å². The number of nitrogens with one attached hydrogen (secondary N) is 1. The van der Waals surface area contributed by atoms with Gasteiger partial charge >= 0.3 is 6.09 Å². The number of hydrogen-bond acceptors (Lipinski definition) is 5. The molecule has 6 nitrogen and oxygen atoms in total. The molecule has 0 aliphatic carbocycles. The van der Waals surface area contributed by atoms with Crippen LogP contribution in [0.25, 0.3) is 0 Å². The van der Waals surface area contributed by atoms with E-state index in [4.69, 9.17) is 4.74 Å². The molecule has 0 unspecified atom stereocenters. The molecule has 1 N–H and O–H groups in total. The predicted octanol–water partition coefficient (Wildman–Crippen LogP) is 2.12. The number of piperidine rings is 1. The average Bonchev–Trinajstić information content (AvgIpc) is 2.91. The van der Waals surface area contributed by atoms with Crippen molar-refractivity contribution in [2.45, 2.75) is 45.6 Å². The summed E-state index contributed by atoms with van der Waals surface area (Å²) in [7, 11) is 0. The average molecular weight is 325 g/mol. The summed E-state index contributed by atoms with van der Waals surface area (Å²) < 4.78 is 4.98. The van der Waals surface area contributed by atoms with Gasteiger partial charge in [-0.25, -0.2) is 9.78 Å². The Morgan fingerprint density at radius 2 is 2.18 bits per heavy atom. The Kier molecular flexibility index (Phi) is 6.18. The Morgan fingerprint density at radius 1 is 1.45 bits per heavy atom. The summed E-state index contributed by atoms with van der Waals surface area (Å²) in [6.45, 7) is 5.44. The van der Waals surface area contributed by atoms with Crippen LogP contribution in [-0.2, 0) is 16.0 Å². The SMILES string of the molecule is CCOC(=O)N1CCC(NC(=O)CCc2scnc2C)CC1. The Hall–Kier alpha value is -1.63. The van der Waals surface area contributed by atoms with E-state index in [2.05, 4.69) is 10.3 Å². The van der Waals surface area contributed by atoms with E-state index in [9.17, 15) is 9.59 Å². The fraction of sp³-hybridized carbons (Fsp3) is 0.667. The van der Waals surface area contributed by atoms with Gasteiger partial charge in [-0.1, -0.05) is 0 Å². The van der Waals surface area contributed by atoms with Gasteiger partial charge in [0.2, 0.25) is 5.91 Å². The molecule has 2 rings (SSSR count). The highest BCUT2D eigenvalue weighted by Crippen LogP contribution is 2.15. The third-order valence-electron chi connectivity index (χ3n) is 3.81. The molecule has 1 fully saturated rings. The van der Waals surface area contributed by atoms with E-state index in [1.807, 2.05) is 12.4 Å². The lowest BCUT2D eigenvalue weighted by molar-refractivity contribution is -0.122. The number of thiazole rings is 1. The maximum Gasteiger partial charge on any atom is 0.409 e. The molecule has 0 saturated carbocycles. The number of ether oxygens (including phenoxy) is 1. The second-order valence-corrected chi connectivity index (χ2v) is 6.33. The second kappa shape index (κ2) is 8.12. The Bertz CT molecular complexity index is 510. The van der Waals surface area contributed by atoms with Crippen molar-refractivity contribution in [2.75, 3.05) is 19.7 Å². The maximum atomic E-state index is 12.0. The number of aromatic nitrogens is 1. The topological polar surface area (TPSA) is 71.5 Å². The van der Waals surface area contributed by atoms with Crippen molar-refractivity contribution in [1.82, 2.24) is 15.2 Å². The van der Waals surface area contributed by atoms with Crippen molar-refractivity contribution in [3.05, 3.63) is 16.1 Å². The second-order valence-electron chi connectivity index (χ2n) is 5.39. The van der Waals surface area contributed by atoms with Crippen LogP contribution in [-0.4, -0.2) is 47.6 Å². The molecule has 2 amide bonds. The van der Waals surface area contributed by atoms with Crippen molar-refractivity contribution in [3.8, 4) is 0 Å². The molecule has 0 atom stereocenters. The summed E-state index contributed by atoms with van der Waals surface area (Å²) in [6, 6.07) is 0.153. The van der Waals surface area contributed by atoms with E-state index >= 15 is 0 Å². The van der Waals surface area contributed by atoms with Crippen molar-refractivity contribution >= 4 is 23.3 Å². The van der Waals surface area contributed by atoms with Crippen molar-refractivity contribution in [3.63, 3.8) is 0 Å². The lowest BCUT2D eigenvalue weighted by atomic mass is 10.1. The van der Waals surface area contributed by atoms with Gasteiger partial charge in [-0.2, -0.15) is 0 Å². The van der Waals surface area contributed by atoms with Crippen molar-refractivity contribution < 1.29 is 14.3 Å². The first-order valence-corrected chi connectivity index (χ1v) is 8.58. The quantitative estimate of drug-likeness (QED) is 0.900. The van der Waals surface area contributed by atoms with Crippen molar-refractivity contribution in [2.24, 2.45) is 0 Å². The molecule has 1 aromatic rings. The lowest BCUT2D eigenvalue weighted by Gasteiger charge is -2.31. The normalized spacial score (nSPS) is 15.6. The molecule has 22 heavy (non-hydrogen) atoms. The van der Waals surface area contributed by atoms with Crippen LogP contribution < -0.4 is 5.32 Å². The molecular formula is C15H23N3O3S. The molecule has 1 aliphatic rings. The number of carbonyl (C=O) groups excluding carboxylic acids is 2. The van der Waals surface area contributed by atoms with E-state index in [1.165, 1.54) is 4.88 Å². The molecule has 0 spiro atoms. The summed E-state index contributed by atoms with van der Waals surface area (Å²) in [5.41, 5.74) is 2.83. The van der Waals surface area contributed by atoms with Crippen LogP contribution in [0.5, 0.6) is 0 Å². The summed E-state index contributed by atoms with van der Waals surface area (Å²) in [5.74, 6) is 0.0717. The predicted molar refractivity (Wildman–Crippen MR) is 84.9 cm³/mol. The van der Waals surface area contributed by atoms with E-state index in [0.717, 1.165) is 25.0 Å². The van der Waals surface area contributed by atoms with Gasteiger partial charge in [-0.15, -0.1) is 11.3 Å². The largest absolute Gasteiger partial charge is 0.450 e. The molecule has 122 valence electrons. The monoisotopic (exact) mass is 325 g/mol. The summed E-state index contributed by atoms with van der Waals surface area (Å²) >= 11 is 1.60. The fourth-order valence-electron chi connectivity index (χ4n) is 2.51. The fourth-order valence-corrected chi connectivity index (χ4v) is 3.30. The summed E-state index contributed by atoms with van der Waals surface area (Å²) in [6.07, 6.45) is 2.53. The van der Waals surface area contributed by atoms with Gasteiger partial charge in [0.1, 0.15) is 0 Å². The standard InChI is InChI=1S/C15H23N3O3S/c1-3-21-15(20)18-8-6-12(7-9-18)17-14(19)5-4-13-11(2)16-10-22-13/h10,12H,3-9H2,1-2H3,(H,17,19). The zero-order valence-electron chi connectivity index (χ0n) is 13.1. The molecule has 0 aromatic carbocycles. The summed E-state index contributed by atoms with van der Waals surface area (Å²) in [5, 5.41) is 3.06. The molecule has 1 aromatic heterocycles. The minimum atomic E-state index is -0.257. The molecule has 7 heteroatoms. The van der Waals surface area contributed by atoms with Gasteiger partial charge in [0.05, 0.1) is 17.8 Å². The summed E-state index contributed by atoms with van der Waals surface area (Å²) in [4.78, 5) is 30.7. The van der Waals surface area contributed by atoms with Crippen LogP contribution in [0.1, 0.15) is 36.8 Å². The first-order chi connectivity index (χ1) is 10.6. The zero-order valence-corrected chi connectivity index (χ0v) is 13.9. The highest BCUT2D eigenvalue weighted by Gasteiger charge is 2.24. The Morgan fingerprint density at radius 3 is 2.77 bits per heavy atom. The molecule has 0 radical (unpaired) electrons. The maximum absolute atomic E-state index is 12.0. The molecular weight excluding hydrogens is 302 g/mol. The van der Waals surface area contributed by atoms with E-state index in [-0.39, 0.29) is 18.0 Å². The number of likely N-dealkylation sites (tertiary alicyclic amines) is 1. The smallest absolute Gasteiger partial charge is 0.409 e. The van der Waals surface area contributed by atoms with Crippen LogP contribution >= 0.6 is 11.3 Å². The highest BCUT2D eigenvalue weighted by atomic mass is 32.1. The Balaban J connectivity index is 1.68. The van der Waals surface area contributed by atoms with E-state index < -0.39 is 0 Å². The minimum Gasteiger partial charge on any atom is -0.450 e. The lowest BCUT2D eigenvalue weighted by Crippen LogP contribution is -2.46. The van der Waals surface area contributed by atoms with Gasteiger partial charge in [0.15, 0.2) is 0 Å². The first-order valence-electron chi connectivity index (χ1n) is 7.70. The van der Waals surface area contributed by atoms with Crippen LogP contribution in [0.15, 0.2) is 5.51 Å². The van der Waals surface area contributed by atoms with Crippen LogP contribution in [0.4, 0.5) is 4.79 Å². The van der Waals surface area contributed by atoms with Crippen molar-refractivity contribution in [1.29, 1.82) is 0 Å². The van der Waals surface area contributed by atoms with Crippen LogP contribution in [0.3, 0.4) is 0 Å². The number of aryl methyl sites for hydroxylation is 2. The van der Waals surface area contributed by atoms with Gasteiger partial charge in [-0.05, 0) is 33.1 Å². The minimum absolute atomic E-state index is 0.0717. The van der Waals surface area contributed by atoms with Crippen LogP contribution in [0.2, 0.25) is 0 Å². The number of hydrogen-bond donors (Lipinski definition) is 1. The van der Waals surface area contributed by atoms with Gasteiger partial charge in [0.25, 0.3) is 0 Å². The Labute approximate surface area is 134 Å². The number of nitrogens with zero attached hydrogens (tertiary/aromatic N) is 2. The molecule has 1 aliphatic heterocycles. The molecule has 1 saturated heterocycles. The zero-order chi connectivity index (χ0) is 15.9. The number of rotatable bonds is 5. The van der Waals surface area contributed by atoms with E-state index in [0.29, 0.717) is 26.1 Å². The van der Waals surface area contributed by atoms with Gasteiger partial charge in [0, 0.05) is 30.4 Å². The van der Waals surface area contributed by atoms with E-state index in [1.54, 1.807) is 23.2 Å². The van der Waals surface area contributed by atoms with Gasteiger partial charge < -0.3 is 15.0 Å². The highest BCUT2D eigenvalue weighted by molar-refractivity contribution is 7.09. The number of carbonyl (C=O) groups is 2. The third kappa shape index (κ3) is 4.69. The molecule has 0 bridgehead atoms. The first kappa shape index (κ1) is 16.7. The third-order valence-corrected chi connectivity index (χ3v) is 4.80. The molecule has 2 heterocycles. The van der Waals surface area contributed by atoms with Crippen LogP contribution in [0, 0.1) is 6.92 Å².